The highest BCUT2D eigenvalue weighted by atomic mass is 14.8. The van der Waals surface area contributed by atoms with E-state index in [1.807, 2.05) is 0 Å². The predicted molar refractivity (Wildman–Crippen MR) is 129 cm³/mol. The van der Waals surface area contributed by atoms with Gasteiger partial charge in [-0.05, 0) is 38.9 Å². The van der Waals surface area contributed by atoms with Gasteiger partial charge in [-0.2, -0.15) is 0 Å². The maximum absolute atomic E-state index is 5.27. The zero-order valence-corrected chi connectivity index (χ0v) is 20.2. The zero-order chi connectivity index (χ0) is 20.8. The third kappa shape index (κ3) is 46.2. The lowest BCUT2D eigenvalue weighted by Gasteiger charge is -2.03. The second kappa shape index (κ2) is 36.8. The first-order chi connectivity index (χ1) is 13.2. The van der Waals surface area contributed by atoms with Crippen molar-refractivity contribution >= 4 is 0 Å². The van der Waals surface area contributed by atoms with Gasteiger partial charge < -0.3 is 11.1 Å². The molecular formula is C25H58N2. The minimum absolute atomic E-state index is 0.861. The van der Waals surface area contributed by atoms with Crippen molar-refractivity contribution in [3.8, 4) is 0 Å². The standard InChI is InChI=1S/C12H27N.C7H16.C6H15N/c1-3-5-7-9-11-13-12-10-8-6-4-2;1-3-5-7-6-4-2;1-2-3-4-5-6-7/h13H,3-12H2,1-2H3;3-7H2,1-2H3;2-7H2,1H3. The smallest absolute Gasteiger partial charge is 0.00489 e. The molecule has 0 saturated carbocycles. The van der Waals surface area contributed by atoms with Gasteiger partial charge in [-0.3, -0.25) is 0 Å². The quantitative estimate of drug-likeness (QED) is 0.233. The highest BCUT2D eigenvalue weighted by Crippen LogP contribution is 2.00. The van der Waals surface area contributed by atoms with Gasteiger partial charge in [0.1, 0.15) is 0 Å². The highest BCUT2D eigenvalue weighted by molar-refractivity contribution is 4.49. The van der Waals surface area contributed by atoms with E-state index in [-0.39, 0.29) is 0 Å². The molecule has 0 unspecified atom stereocenters. The van der Waals surface area contributed by atoms with Gasteiger partial charge in [0.05, 0.1) is 0 Å². The van der Waals surface area contributed by atoms with Crippen LogP contribution in [0.5, 0.6) is 0 Å². The Morgan fingerprint density at radius 3 is 1.00 bits per heavy atom. The molecule has 0 radical (unpaired) electrons. The molecule has 0 atom stereocenters. The monoisotopic (exact) mass is 386 g/mol. The Morgan fingerprint density at radius 1 is 0.407 bits per heavy atom. The van der Waals surface area contributed by atoms with E-state index in [0.717, 1.165) is 6.54 Å². The van der Waals surface area contributed by atoms with Crippen LogP contribution in [0.2, 0.25) is 0 Å². The summed E-state index contributed by atoms with van der Waals surface area (Å²) >= 11 is 0. The fourth-order valence-electron chi connectivity index (χ4n) is 2.73. The molecule has 0 rings (SSSR count). The summed E-state index contributed by atoms with van der Waals surface area (Å²) in [4.78, 5) is 0. The van der Waals surface area contributed by atoms with Gasteiger partial charge in [0.2, 0.25) is 0 Å². The van der Waals surface area contributed by atoms with Crippen LogP contribution < -0.4 is 11.1 Å². The van der Waals surface area contributed by atoms with E-state index >= 15 is 0 Å². The van der Waals surface area contributed by atoms with E-state index in [0.29, 0.717) is 0 Å². The number of nitrogens with one attached hydrogen (secondary N) is 1. The number of nitrogens with two attached hydrogens (primary N) is 1. The molecular weight excluding hydrogens is 328 g/mol. The Bertz CT molecular complexity index is 167. The van der Waals surface area contributed by atoms with Crippen molar-refractivity contribution in [1.29, 1.82) is 0 Å². The molecule has 27 heavy (non-hydrogen) atoms. The second-order valence-corrected chi connectivity index (χ2v) is 7.78. The third-order valence-corrected chi connectivity index (χ3v) is 4.68. The van der Waals surface area contributed by atoms with E-state index in [1.54, 1.807) is 0 Å². The van der Waals surface area contributed by atoms with Crippen molar-refractivity contribution in [2.45, 2.75) is 144 Å². The number of hydrogen-bond donors (Lipinski definition) is 2. The molecule has 0 fully saturated rings. The largest absolute Gasteiger partial charge is 0.330 e. The van der Waals surface area contributed by atoms with Crippen LogP contribution in [0.3, 0.4) is 0 Å². The summed E-state index contributed by atoms with van der Waals surface area (Å²) < 4.78 is 0. The lowest BCUT2D eigenvalue weighted by molar-refractivity contribution is 0.564. The first-order valence-corrected chi connectivity index (χ1v) is 12.7. The number of unbranched alkanes of at least 4 members (excludes halogenated alkanes) is 13. The fraction of sp³-hybridized carbons (Fsp3) is 1.00. The van der Waals surface area contributed by atoms with Crippen molar-refractivity contribution in [1.82, 2.24) is 5.32 Å². The van der Waals surface area contributed by atoms with E-state index in [2.05, 4.69) is 39.9 Å². The predicted octanol–water partition coefficient (Wildman–Crippen LogP) is 8.24. The van der Waals surface area contributed by atoms with Crippen LogP contribution in [0, 0.1) is 0 Å². The summed E-state index contributed by atoms with van der Waals surface area (Å²) in [7, 11) is 0. The van der Waals surface area contributed by atoms with Crippen LogP contribution in [0.25, 0.3) is 0 Å². The van der Waals surface area contributed by atoms with Crippen molar-refractivity contribution in [3.63, 3.8) is 0 Å². The molecule has 0 heterocycles. The topological polar surface area (TPSA) is 38.0 Å². The number of rotatable bonds is 18. The van der Waals surface area contributed by atoms with Crippen molar-refractivity contribution in [3.05, 3.63) is 0 Å². The molecule has 0 aliphatic heterocycles. The lowest BCUT2D eigenvalue weighted by atomic mass is 10.2. The molecule has 0 spiro atoms. The average Bonchev–Trinajstić information content (AvgIpc) is 2.69. The average molecular weight is 387 g/mol. The van der Waals surface area contributed by atoms with Crippen LogP contribution >= 0.6 is 0 Å². The molecule has 2 heteroatoms. The first-order valence-electron chi connectivity index (χ1n) is 12.7. The maximum Gasteiger partial charge on any atom is -0.00489 e. The minimum Gasteiger partial charge on any atom is -0.330 e. The SMILES string of the molecule is CCCCCCC.CCCCCCN.CCCCCCNCCCCCC. The Kier molecular flexibility index (Phi) is 43.1. The van der Waals surface area contributed by atoms with Crippen molar-refractivity contribution in [2.75, 3.05) is 19.6 Å². The van der Waals surface area contributed by atoms with E-state index in [4.69, 9.17) is 5.73 Å². The Balaban J connectivity index is -0.000000350. The molecule has 0 aromatic rings. The van der Waals surface area contributed by atoms with Gasteiger partial charge in [-0.25, -0.2) is 0 Å². The molecule has 2 nitrogen and oxygen atoms in total. The first kappa shape index (κ1) is 31.6. The summed E-state index contributed by atoms with van der Waals surface area (Å²) in [5.74, 6) is 0. The van der Waals surface area contributed by atoms with E-state index < -0.39 is 0 Å². The van der Waals surface area contributed by atoms with Crippen LogP contribution in [0.15, 0.2) is 0 Å². The Hall–Kier alpha value is -0.0800. The van der Waals surface area contributed by atoms with Gasteiger partial charge in [-0.15, -0.1) is 0 Å². The molecule has 0 amide bonds. The van der Waals surface area contributed by atoms with Gasteiger partial charge in [-0.1, -0.05) is 125 Å². The molecule has 0 aromatic carbocycles. The number of hydrogen-bond acceptors (Lipinski definition) is 2. The molecule has 0 saturated heterocycles. The fourth-order valence-corrected chi connectivity index (χ4v) is 2.73. The van der Waals surface area contributed by atoms with Gasteiger partial charge >= 0.3 is 0 Å². The summed E-state index contributed by atoms with van der Waals surface area (Å²) in [5, 5.41) is 3.50. The maximum atomic E-state index is 5.27. The van der Waals surface area contributed by atoms with Gasteiger partial charge in [0, 0.05) is 0 Å². The molecule has 168 valence electrons. The summed E-state index contributed by atoms with van der Waals surface area (Å²) in [6, 6.07) is 0. The van der Waals surface area contributed by atoms with Gasteiger partial charge in [0.15, 0.2) is 0 Å². The van der Waals surface area contributed by atoms with Crippen molar-refractivity contribution in [2.24, 2.45) is 5.73 Å². The van der Waals surface area contributed by atoms with E-state index in [1.165, 1.54) is 122 Å². The summed E-state index contributed by atoms with van der Waals surface area (Å²) in [6.45, 7) is 14.5. The molecule has 0 aliphatic carbocycles. The summed E-state index contributed by atoms with van der Waals surface area (Å²) in [5.41, 5.74) is 5.27. The third-order valence-electron chi connectivity index (χ3n) is 4.68. The highest BCUT2D eigenvalue weighted by Gasteiger charge is 1.89. The molecule has 3 N–H and O–H groups in total. The van der Waals surface area contributed by atoms with Crippen LogP contribution in [0.4, 0.5) is 0 Å². The Labute approximate surface area is 174 Å². The van der Waals surface area contributed by atoms with Crippen molar-refractivity contribution < 1.29 is 0 Å². The zero-order valence-electron chi connectivity index (χ0n) is 20.2. The van der Waals surface area contributed by atoms with Crippen LogP contribution in [0.1, 0.15) is 144 Å². The normalized spacial score (nSPS) is 10.0. The van der Waals surface area contributed by atoms with Crippen LogP contribution in [-0.2, 0) is 0 Å². The minimum atomic E-state index is 0.861. The molecule has 0 aromatic heterocycles. The lowest BCUT2D eigenvalue weighted by Crippen LogP contribution is -2.16. The van der Waals surface area contributed by atoms with E-state index in [9.17, 15) is 0 Å². The van der Waals surface area contributed by atoms with Gasteiger partial charge in [0.25, 0.3) is 0 Å². The Morgan fingerprint density at radius 2 is 0.704 bits per heavy atom. The molecule has 0 aliphatic rings. The molecule has 0 bridgehead atoms. The second-order valence-electron chi connectivity index (χ2n) is 7.78. The van der Waals surface area contributed by atoms with Crippen LogP contribution in [-0.4, -0.2) is 19.6 Å². The summed E-state index contributed by atoms with van der Waals surface area (Å²) in [6.07, 6.45) is 23.2.